The van der Waals surface area contributed by atoms with Crippen LogP contribution in [0.4, 0.5) is 11.4 Å². The quantitative estimate of drug-likeness (QED) is 0.739. The Labute approximate surface area is 160 Å². The summed E-state index contributed by atoms with van der Waals surface area (Å²) in [5.41, 5.74) is -0.333. The molecule has 1 unspecified atom stereocenters. The second kappa shape index (κ2) is 7.15. The van der Waals surface area contributed by atoms with E-state index in [0.29, 0.717) is 27.0 Å². The van der Waals surface area contributed by atoms with E-state index in [-0.39, 0.29) is 25.4 Å². The minimum Gasteiger partial charge on any atom is -0.479 e. The second-order valence-corrected chi connectivity index (χ2v) is 6.93. The number of benzene rings is 2. The molecule has 2 aromatic carbocycles. The number of hydrogen-bond acceptors (Lipinski definition) is 4. The van der Waals surface area contributed by atoms with Crippen molar-refractivity contribution in [2.45, 2.75) is 12.0 Å². The fourth-order valence-electron chi connectivity index (χ4n) is 2.82. The number of amides is 1. The molecule has 0 saturated carbocycles. The first-order valence-corrected chi connectivity index (χ1v) is 8.62. The van der Waals surface area contributed by atoms with Crippen molar-refractivity contribution in [3.05, 3.63) is 58.1 Å². The third-order valence-electron chi connectivity index (χ3n) is 4.29. The highest BCUT2D eigenvalue weighted by atomic mass is 35.5. The van der Waals surface area contributed by atoms with Gasteiger partial charge < -0.3 is 20.4 Å². The van der Waals surface area contributed by atoms with Crippen LogP contribution in [0.3, 0.4) is 0 Å². The first-order valence-electron chi connectivity index (χ1n) is 7.86. The Bertz CT molecular complexity index is 874. The molecule has 1 fully saturated rings. The normalized spacial score (nSPS) is 19.4. The number of anilines is 2. The summed E-state index contributed by atoms with van der Waals surface area (Å²) in [5.74, 6) is -1.68. The minimum atomic E-state index is -1.90. The standard InChI is InChI=1S/C18H16Cl2N2O4/c19-13-6-5-11(9-14(13)20)21-15-4-2-1-3-12(15)16(23)22-8-7-18(26,10-22)17(24)25/h1-6,9,21,26H,7-8,10H2,(H,24,25). The van der Waals surface area contributed by atoms with Crippen LogP contribution in [0.1, 0.15) is 16.8 Å². The van der Waals surface area contributed by atoms with Crippen LogP contribution in [0.25, 0.3) is 0 Å². The van der Waals surface area contributed by atoms with Gasteiger partial charge in [-0.15, -0.1) is 0 Å². The minimum absolute atomic E-state index is 0.00351. The van der Waals surface area contributed by atoms with Gasteiger partial charge in [0.2, 0.25) is 0 Å². The van der Waals surface area contributed by atoms with Crippen LogP contribution in [-0.2, 0) is 4.79 Å². The number of nitrogens with zero attached hydrogens (tertiary/aromatic N) is 1. The second-order valence-electron chi connectivity index (χ2n) is 6.11. The Morgan fingerprint density at radius 3 is 2.50 bits per heavy atom. The number of carboxylic acids is 1. The third-order valence-corrected chi connectivity index (χ3v) is 5.03. The van der Waals surface area contributed by atoms with Gasteiger partial charge in [-0.3, -0.25) is 4.79 Å². The van der Waals surface area contributed by atoms with Crippen molar-refractivity contribution in [1.82, 2.24) is 4.90 Å². The van der Waals surface area contributed by atoms with Gasteiger partial charge in [0.15, 0.2) is 5.60 Å². The molecule has 0 radical (unpaired) electrons. The SMILES string of the molecule is O=C(c1ccccc1Nc1ccc(Cl)c(Cl)c1)N1CCC(O)(C(=O)O)C1. The number of likely N-dealkylation sites (tertiary alicyclic amines) is 1. The Balaban J connectivity index is 1.84. The van der Waals surface area contributed by atoms with Crippen LogP contribution >= 0.6 is 23.2 Å². The Morgan fingerprint density at radius 2 is 1.85 bits per heavy atom. The van der Waals surface area contributed by atoms with Crippen molar-refractivity contribution in [2.24, 2.45) is 0 Å². The van der Waals surface area contributed by atoms with Crippen LogP contribution in [-0.4, -0.2) is 45.7 Å². The highest BCUT2D eigenvalue weighted by Gasteiger charge is 2.44. The molecule has 2 aromatic rings. The molecule has 26 heavy (non-hydrogen) atoms. The summed E-state index contributed by atoms with van der Waals surface area (Å²) in [6.45, 7) is -0.0784. The summed E-state index contributed by atoms with van der Waals surface area (Å²) < 4.78 is 0. The van der Waals surface area contributed by atoms with Gasteiger partial charge in [0.05, 0.1) is 27.8 Å². The highest BCUT2D eigenvalue weighted by molar-refractivity contribution is 6.42. The number of carbonyl (C=O) groups excluding carboxylic acids is 1. The van der Waals surface area contributed by atoms with E-state index < -0.39 is 11.6 Å². The molecule has 1 heterocycles. The average Bonchev–Trinajstić information content (AvgIpc) is 3.02. The van der Waals surface area contributed by atoms with E-state index in [2.05, 4.69) is 5.32 Å². The van der Waals surface area contributed by atoms with Gasteiger partial charge in [0, 0.05) is 18.7 Å². The van der Waals surface area contributed by atoms with Crippen LogP contribution in [0.5, 0.6) is 0 Å². The molecular weight excluding hydrogens is 379 g/mol. The first-order chi connectivity index (χ1) is 12.3. The molecule has 1 amide bonds. The number of halogens is 2. The van der Waals surface area contributed by atoms with E-state index in [9.17, 15) is 14.7 Å². The summed E-state index contributed by atoms with van der Waals surface area (Å²) >= 11 is 11.9. The van der Waals surface area contributed by atoms with Crippen LogP contribution < -0.4 is 5.32 Å². The molecule has 6 nitrogen and oxygen atoms in total. The zero-order valence-corrected chi connectivity index (χ0v) is 15.1. The molecule has 0 aliphatic carbocycles. The Hall–Kier alpha value is -2.28. The smallest absolute Gasteiger partial charge is 0.337 e. The van der Waals surface area contributed by atoms with Gasteiger partial charge >= 0.3 is 5.97 Å². The van der Waals surface area contributed by atoms with E-state index >= 15 is 0 Å². The van der Waals surface area contributed by atoms with Gasteiger partial charge in [0.1, 0.15) is 0 Å². The van der Waals surface area contributed by atoms with Gasteiger partial charge in [-0.25, -0.2) is 4.79 Å². The van der Waals surface area contributed by atoms with Crippen LogP contribution in [0.2, 0.25) is 10.0 Å². The molecule has 1 saturated heterocycles. The summed E-state index contributed by atoms with van der Waals surface area (Å²) in [5, 5.41) is 23.1. The maximum absolute atomic E-state index is 12.8. The topological polar surface area (TPSA) is 89.9 Å². The molecule has 3 rings (SSSR count). The molecule has 0 spiro atoms. The van der Waals surface area contributed by atoms with E-state index in [0.717, 1.165) is 0 Å². The van der Waals surface area contributed by atoms with Gasteiger partial charge in [-0.2, -0.15) is 0 Å². The van der Waals surface area contributed by atoms with Crippen molar-refractivity contribution in [3.63, 3.8) is 0 Å². The largest absolute Gasteiger partial charge is 0.479 e. The molecule has 0 bridgehead atoms. The van der Waals surface area contributed by atoms with E-state index in [1.165, 1.54) is 4.90 Å². The number of rotatable bonds is 4. The van der Waals surface area contributed by atoms with Gasteiger partial charge in [-0.05, 0) is 30.3 Å². The average molecular weight is 395 g/mol. The number of nitrogens with one attached hydrogen (secondary N) is 1. The number of aliphatic hydroxyl groups is 1. The highest BCUT2D eigenvalue weighted by Crippen LogP contribution is 2.30. The predicted octanol–water partition coefficient (Wildman–Crippen LogP) is 3.40. The fourth-order valence-corrected chi connectivity index (χ4v) is 3.12. The Kier molecular flexibility index (Phi) is 5.09. The van der Waals surface area contributed by atoms with E-state index in [4.69, 9.17) is 28.3 Å². The number of carbonyl (C=O) groups is 2. The van der Waals surface area contributed by atoms with Crippen molar-refractivity contribution < 1.29 is 19.8 Å². The molecule has 1 aliphatic rings. The number of para-hydroxylation sites is 1. The van der Waals surface area contributed by atoms with Crippen LogP contribution in [0, 0.1) is 0 Å². The molecule has 1 aliphatic heterocycles. The number of aliphatic carboxylic acids is 1. The van der Waals surface area contributed by atoms with Crippen molar-refractivity contribution in [3.8, 4) is 0 Å². The number of hydrogen-bond donors (Lipinski definition) is 3. The van der Waals surface area contributed by atoms with Crippen molar-refractivity contribution in [1.29, 1.82) is 0 Å². The van der Waals surface area contributed by atoms with Crippen molar-refractivity contribution >= 4 is 46.5 Å². The third kappa shape index (κ3) is 3.62. The molecule has 8 heteroatoms. The summed E-state index contributed by atoms with van der Waals surface area (Å²) in [6, 6.07) is 11.9. The molecular formula is C18H16Cl2N2O4. The van der Waals surface area contributed by atoms with Gasteiger partial charge in [0.25, 0.3) is 5.91 Å². The van der Waals surface area contributed by atoms with E-state index in [1.807, 2.05) is 0 Å². The summed E-state index contributed by atoms with van der Waals surface area (Å²) in [6.07, 6.45) is -0.00351. The zero-order chi connectivity index (χ0) is 18.9. The van der Waals surface area contributed by atoms with Crippen LogP contribution in [0.15, 0.2) is 42.5 Å². The number of β-amino-alcohol motifs (C(OH)–C–C–N with tert-alkyl or cyclic N) is 1. The molecule has 3 N–H and O–H groups in total. The lowest BCUT2D eigenvalue weighted by atomic mass is 10.0. The molecule has 0 aromatic heterocycles. The lowest BCUT2D eigenvalue weighted by Crippen LogP contribution is -2.42. The monoisotopic (exact) mass is 394 g/mol. The first kappa shape index (κ1) is 18.5. The fraction of sp³-hybridized carbons (Fsp3) is 0.222. The molecule has 136 valence electrons. The lowest BCUT2D eigenvalue weighted by molar-refractivity contribution is -0.156. The van der Waals surface area contributed by atoms with Gasteiger partial charge in [-0.1, -0.05) is 35.3 Å². The number of carboxylic acid groups (broad SMARTS) is 1. The maximum Gasteiger partial charge on any atom is 0.337 e. The van der Waals surface area contributed by atoms with E-state index in [1.54, 1.807) is 42.5 Å². The predicted molar refractivity (Wildman–Crippen MR) is 99.3 cm³/mol. The maximum atomic E-state index is 12.8. The molecule has 1 atom stereocenters. The van der Waals surface area contributed by atoms with Crippen molar-refractivity contribution in [2.75, 3.05) is 18.4 Å². The summed E-state index contributed by atoms with van der Waals surface area (Å²) in [7, 11) is 0. The summed E-state index contributed by atoms with van der Waals surface area (Å²) in [4.78, 5) is 25.3. The Morgan fingerprint density at radius 1 is 1.12 bits per heavy atom. The lowest BCUT2D eigenvalue weighted by Gasteiger charge is -2.21. The zero-order valence-electron chi connectivity index (χ0n) is 13.6.